The summed E-state index contributed by atoms with van der Waals surface area (Å²) in [5.41, 5.74) is 2.34. The van der Waals surface area contributed by atoms with Gasteiger partial charge in [-0.05, 0) is 31.2 Å². The summed E-state index contributed by atoms with van der Waals surface area (Å²) < 4.78 is 24.9. The molecule has 0 aliphatic rings. The quantitative estimate of drug-likeness (QED) is 0.508. The van der Waals surface area contributed by atoms with Gasteiger partial charge in [0.2, 0.25) is 0 Å². The van der Waals surface area contributed by atoms with E-state index in [1.807, 2.05) is 5.43 Å². The van der Waals surface area contributed by atoms with Crippen molar-refractivity contribution in [2.24, 2.45) is 5.84 Å². The monoisotopic (exact) mass is 342 g/mol. The van der Waals surface area contributed by atoms with Crippen LogP contribution < -0.4 is 16.0 Å². The lowest BCUT2D eigenvalue weighted by molar-refractivity contribution is 0.0952. The van der Waals surface area contributed by atoms with Crippen molar-refractivity contribution in [3.8, 4) is 5.75 Å². The third-order valence-electron chi connectivity index (χ3n) is 2.61. The van der Waals surface area contributed by atoms with Crippen LogP contribution in [0, 0.1) is 12.7 Å². The number of hydrogen-bond donors (Lipinski definition) is 2. The van der Waals surface area contributed by atoms with Crippen LogP contribution >= 0.6 is 15.9 Å². The number of ether oxygens (including phenoxy) is 1. The Kier molecular flexibility index (Phi) is 4.41. The molecule has 20 heavy (non-hydrogen) atoms. The molecule has 3 N–H and O–H groups in total. The molecule has 1 heterocycles. The van der Waals surface area contributed by atoms with Gasteiger partial charge in [0.25, 0.3) is 5.91 Å². The minimum absolute atomic E-state index is 0.00602. The number of benzene rings is 1. The lowest BCUT2D eigenvalue weighted by Gasteiger charge is -2.05. The predicted octanol–water partition coefficient (Wildman–Crippen LogP) is 2.67. The van der Waals surface area contributed by atoms with Crippen LogP contribution in [0.1, 0.15) is 21.9 Å². The number of rotatable bonds is 4. The Balaban J connectivity index is 2.11. The second kappa shape index (κ2) is 6.06. The number of hydrogen-bond acceptors (Lipinski definition) is 4. The molecule has 1 amide bonds. The van der Waals surface area contributed by atoms with E-state index in [2.05, 4.69) is 15.9 Å². The molecule has 0 bridgehead atoms. The van der Waals surface area contributed by atoms with Gasteiger partial charge < -0.3 is 9.15 Å². The van der Waals surface area contributed by atoms with Crippen molar-refractivity contribution in [1.29, 1.82) is 0 Å². The number of furan rings is 1. The number of nitrogens with one attached hydrogen (secondary N) is 1. The number of carbonyl (C=O) groups is 1. The average Bonchev–Trinajstić information content (AvgIpc) is 2.80. The van der Waals surface area contributed by atoms with Gasteiger partial charge >= 0.3 is 0 Å². The Morgan fingerprint density at radius 2 is 2.25 bits per heavy atom. The standard InChI is InChI=1S/C13H12BrFN2O3/c1-7-10(13(18)17-16)5-9(20-7)6-19-12-4-8(14)2-3-11(12)15/h2-5H,6,16H2,1H3,(H,17,18). The fourth-order valence-electron chi connectivity index (χ4n) is 1.65. The summed E-state index contributed by atoms with van der Waals surface area (Å²) in [7, 11) is 0. The average molecular weight is 343 g/mol. The molecule has 1 aromatic carbocycles. The number of halogens is 2. The SMILES string of the molecule is Cc1oc(COc2cc(Br)ccc2F)cc1C(=O)NN. The maximum Gasteiger partial charge on any atom is 0.268 e. The number of nitrogen functional groups attached to an aromatic ring is 1. The van der Waals surface area contributed by atoms with E-state index in [1.54, 1.807) is 13.0 Å². The fourth-order valence-corrected chi connectivity index (χ4v) is 1.99. The first kappa shape index (κ1) is 14.5. The van der Waals surface area contributed by atoms with E-state index in [1.165, 1.54) is 18.2 Å². The Labute approximate surface area is 123 Å². The molecule has 5 nitrogen and oxygen atoms in total. The van der Waals surface area contributed by atoms with Gasteiger partial charge in [-0.25, -0.2) is 10.2 Å². The van der Waals surface area contributed by atoms with E-state index in [0.717, 1.165) is 0 Å². The van der Waals surface area contributed by atoms with Crippen molar-refractivity contribution in [2.45, 2.75) is 13.5 Å². The normalized spacial score (nSPS) is 10.4. The van der Waals surface area contributed by atoms with Gasteiger partial charge in [0.1, 0.15) is 18.1 Å². The smallest absolute Gasteiger partial charge is 0.268 e. The molecule has 106 valence electrons. The van der Waals surface area contributed by atoms with Crippen LogP contribution in [0.15, 0.2) is 33.2 Å². The van der Waals surface area contributed by atoms with Crippen LogP contribution in [0.4, 0.5) is 4.39 Å². The van der Waals surface area contributed by atoms with Gasteiger partial charge in [-0.1, -0.05) is 15.9 Å². The zero-order valence-corrected chi connectivity index (χ0v) is 12.2. The van der Waals surface area contributed by atoms with Crippen molar-refractivity contribution in [2.75, 3.05) is 0 Å². The van der Waals surface area contributed by atoms with Crippen LogP contribution in [0.2, 0.25) is 0 Å². The largest absolute Gasteiger partial charge is 0.483 e. The highest BCUT2D eigenvalue weighted by Gasteiger charge is 2.14. The Bertz CT molecular complexity index is 643. The van der Waals surface area contributed by atoms with Gasteiger partial charge in [-0.15, -0.1) is 0 Å². The van der Waals surface area contributed by atoms with Crippen LogP contribution in [-0.2, 0) is 6.61 Å². The molecule has 2 rings (SSSR count). The molecule has 0 radical (unpaired) electrons. The first-order valence-corrected chi connectivity index (χ1v) is 6.48. The molecule has 0 saturated carbocycles. The predicted molar refractivity (Wildman–Crippen MR) is 73.5 cm³/mol. The van der Waals surface area contributed by atoms with Crippen molar-refractivity contribution < 1.29 is 18.3 Å². The zero-order valence-electron chi connectivity index (χ0n) is 10.6. The van der Waals surface area contributed by atoms with Gasteiger partial charge in [0, 0.05) is 4.47 Å². The van der Waals surface area contributed by atoms with Gasteiger partial charge in [-0.3, -0.25) is 10.2 Å². The van der Waals surface area contributed by atoms with Crippen LogP contribution in [0.3, 0.4) is 0 Å². The Hall–Kier alpha value is -1.86. The van der Waals surface area contributed by atoms with Crippen LogP contribution in [0.25, 0.3) is 0 Å². The molecule has 0 unspecified atom stereocenters. The molecule has 0 fully saturated rings. The molecule has 1 aromatic heterocycles. The molecule has 0 aliphatic carbocycles. The molecule has 0 saturated heterocycles. The summed E-state index contributed by atoms with van der Waals surface area (Å²) in [6.07, 6.45) is 0. The number of aryl methyl sites for hydroxylation is 1. The van der Waals surface area contributed by atoms with E-state index in [0.29, 0.717) is 21.6 Å². The van der Waals surface area contributed by atoms with Crippen molar-refractivity contribution in [3.05, 3.63) is 51.6 Å². The van der Waals surface area contributed by atoms with E-state index in [9.17, 15) is 9.18 Å². The summed E-state index contributed by atoms with van der Waals surface area (Å²) >= 11 is 3.23. The van der Waals surface area contributed by atoms with Crippen LogP contribution in [-0.4, -0.2) is 5.91 Å². The zero-order chi connectivity index (χ0) is 14.7. The molecule has 2 aromatic rings. The molecular formula is C13H12BrFN2O3. The lowest BCUT2D eigenvalue weighted by atomic mass is 10.2. The highest BCUT2D eigenvalue weighted by atomic mass is 79.9. The molecule has 0 atom stereocenters. The van der Waals surface area contributed by atoms with Crippen LogP contribution in [0.5, 0.6) is 5.75 Å². The number of nitrogens with two attached hydrogens (primary N) is 1. The molecule has 0 aliphatic heterocycles. The second-order valence-corrected chi connectivity index (χ2v) is 4.94. The van der Waals surface area contributed by atoms with Gasteiger partial charge in [0.05, 0.1) is 5.56 Å². The van der Waals surface area contributed by atoms with E-state index in [4.69, 9.17) is 15.0 Å². The topological polar surface area (TPSA) is 77.5 Å². The number of amides is 1. The summed E-state index contributed by atoms with van der Waals surface area (Å²) in [6, 6.07) is 5.88. The molecule has 0 spiro atoms. The Morgan fingerprint density at radius 1 is 1.50 bits per heavy atom. The van der Waals surface area contributed by atoms with E-state index >= 15 is 0 Å². The van der Waals surface area contributed by atoms with E-state index in [-0.39, 0.29) is 12.4 Å². The number of hydrazine groups is 1. The summed E-state index contributed by atoms with van der Waals surface area (Å²) in [5.74, 6) is 5.04. The van der Waals surface area contributed by atoms with Gasteiger partial charge in [0.15, 0.2) is 11.6 Å². The minimum atomic E-state index is -0.476. The summed E-state index contributed by atoms with van der Waals surface area (Å²) in [4.78, 5) is 11.4. The third kappa shape index (κ3) is 3.17. The third-order valence-corrected chi connectivity index (χ3v) is 3.10. The summed E-state index contributed by atoms with van der Waals surface area (Å²) in [6.45, 7) is 1.64. The highest BCUT2D eigenvalue weighted by Crippen LogP contribution is 2.24. The van der Waals surface area contributed by atoms with Gasteiger partial charge in [-0.2, -0.15) is 0 Å². The first-order chi connectivity index (χ1) is 9.51. The fraction of sp³-hybridized carbons (Fsp3) is 0.154. The molecular weight excluding hydrogens is 331 g/mol. The lowest BCUT2D eigenvalue weighted by Crippen LogP contribution is -2.30. The summed E-state index contributed by atoms with van der Waals surface area (Å²) in [5, 5.41) is 0. The first-order valence-electron chi connectivity index (χ1n) is 5.69. The van der Waals surface area contributed by atoms with E-state index < -0.39 is 11.7 Å². The maximum absolute atomic E-state index is 13.5. The number of carbonyl (C=O) groups excluding carboxylic acids is 1. The minimum Gasteiger partial charge on any atom is -0.483 e. The van der Waals surface area contributed by atoms with Crippen molar-refractivity contribution >= 4 is 21.8 Å². The molecule has 7 heteroatoms. The van der Waals surface area contributed by atoms with Crippen molar-refractivity contribution in [3.63, 3.8) is 0 Å². The second-order valence-electron chi connectivity index (χ2n) is 4.02. The Morgan fingerprint density at radius 3 is 2.95 bits per heavy atom. The highest BCUT2D eigenvalue weighted by molar-refractivity contribution is 9.10. The maximum atomic E-state index is 13.5. The van der Waals surface area contributed by atoms with Crippen molar-refractivity contribution in [1.82, 2.24) is 5.43 Å².